The average Bonchev–Trinajstić information content (AvgIpc) is 2.33. The molecule has 62 valence electrons. The summed E-state index contributed by atoms with van der Waals surface area (Å²) in [5.41, 5.74) is 1.96. The van der Waals surface area contributed by atoms with Crippen molar-refractivity contribution >= 4 is 5.97 Å². The standard InChI is InChI=1S/C9H8O3/c1-5-2-6-7(8(10)3-5)4-12-9(6)11/h2-3,10H,4H2,1H3. The van der Waals surface area contributed by atoms with Gasteiger partial charge in [0.2, 0.25) is 0 Å². The van der Waals surface area contributed by atoms with E-state index in [9.17, 15) is 9.90 Å². The van der Waals surface area contributed by atoms with Gasteiger partial charge in [-0.15, -0.1) is 0 Å². The fraction of sp³-hybridized carbons (Fsp3) is 0.222. The predicted molar refractivity (Wildman–Crippen MR) is 42.0 cm³/mol. The third-order valence-electron chi connectivity index (χ3n) is 1.94. The fourth-order valence-electron chi connectivity index (χ4n) is 1.35. The number of phenols is 1. The number of rotatable bonds is 0. The summed E-state index contributed by atoms with van der Waals surface area (Å²) in [5, 5.41) is 9.40. The third-order valence-corrected chi connectivity index (χ3v) is 1.94. The summed E-state index contributed by atoms with van der Waals surface area (Å²) in [5.74, 6) is -0.195. The number of cyclic esters (lactones) is 1. The molecule has 0 aromatic heterocycles. The van der Waals surface area contributed by atoms with E-state index < -0.39 is 0 Å². The van der Waals surface area contributed by atoms with Gasteiger partial charge in [0.05, 0.1) is 5.56 Å². The van der Waals surface area contributed by atoms with Crippen LogP contribution < -0.4 is 0 Å². The Kier molecular flexibility index (Phi) is 1.33. The van der Waals surface area contributed by atoms with Crippen LogP contribution in [0.5, 0.6) is 5.75 Å². The molecule has 0 bridgehead atoms. The maximum absolute atomic E-state index is 11.0. The molecule has 0 aliphatic carbocycles. The van der Waals surface area contributed by atoms with Gasteiger partial charge in [-0.1, -0.05) is 0 Å². The first-order valence-electron chi connectivity index (χ1n) is 3.68. The highest BCUT2D eigenvalue weighted by Gasteiger charge is 2.23. The minimum Gasteiger partial charge on any atom is -0.508 e. The van der Waals surface area contributed by atoms with E-state index in [0.717, 1.165) is 5.56 Å². The van der Waals surface area contributed by atoms with Gasteiger partial charge < -0.3 is 9.84 Å². The van der Waals surface area contributed by atoms with Gasteiger partial charge in [0, 0.05) is 5.56 Å². The molecular formula is C9H8O3. The number of phenolic OH excluding ortho intramolecular Hbond substituents is 1. The van der Waals surface area contributed by atoms with E-state index in [4.69, 9.17) is 4.74 Å². The molecule has 0 unspecified atom stereocenters. The van der Waals surface area contributed by atoms with E-state index >= 15 is 0 Å². The van der Waals surface area contributed by atoms with Gasteiger partial charge in [-0.05, 0) is 24.6 Å². The second-order valence-electron chi connectivity index (χ2n) is 2.89. The first-order chi connectivity index (χ1) is 5.68. The lowest BCUT2D eigenvalue weighted by Crippen LogP contribution is -1.93. The van der Waals surface area contributed by atoms with Crippen molar-refractivity contribution in [3.05, 3.63) is 28.8 Å². The lowest BCUT2D eigenvalue weighted by molar-refractivity contribution is 0.0534. The number of hydrogen-bond donors (Lipinski definition) is 1. The van der Waals surface area contributed by atoms with Crippen molar-refractivity contribution in [1.29, 1.82) is 0 Å². The zero-order chi connectivity index (χ0) is 8.72. The highest BCUT2D eigenvalue weighted by molar-refractivity contribution is 5.94. The van der Waals surface area contributed by atoms with Crippen LogP contribution >= 0.6 is 0 Å². The van der Waals surface area contributed by atoms with Gasteiger partial charge >= 0.3 is 5.97 Å². The van der Waals surface area contributed by atoms with E-state index in [1.165, 1.54) is 0 Å². The van der Waals surface area contributed by atoms with Crippen LogP contribution in [0, 0.1) is 6.92 Å². The van der Waals surface area contributed by atoms with Crippen LogP contribution in [-0.4, -0.2) is 11.1 Å². The molecule has 1 aliphatic heterocycles. The molecule has 0 spiro atoms. The Morgan fingerprint density at radius 1 is 1.50 bits per heavy atom. The molecule has 3 nitrogen and oxygen atoms in total. The fourth-order valence-corrected chi connectivity index (χ4v) is 1.35. The highest BCUT2D eigenvalue weighted by Crippen LogP contribution is 2.29. The summed E-state index contributed by atoms with van der Waals surface area (Å²) < 4.78 is 4.76. The molecule has 1 aromatic carbocycles. The van der Waals surface area contributed by atoms with Gasteiger partial charge in [-0.3, -0.25) is 0 Å². The summed E-state index contributed by atoms with van der Waals surface area (Å²) in [7, 11) is 0. The zero-order valence-corrected chi connectivity index (χ0v) is 6.63. The van der Waals surface area contributed by atoms with Crippen LogP contribution in [0.4, 0.5) is 0 Å². The van der Waals surface area contributed by atoms with Crippen LogP contribution in [0.1, 0.15) is 21.5 Å². The molecule has 1 N–H and O–H groups in total. The van der Waals surface area contributed by atoms with Gasteiger partial charge in [-0.25, -0.2) is 4.79 Å². The normalized spacial score (nSPS) is 14.2. The lowest BCUT2D eigenvalue weighted by Gasteiger charge is -1.99. The SMILES string of the molecule is Cc1cc(O)c2c(c1)C(=O)OC2. The number of ether oxygens (including phenoxy) is 1. The van der Waals surface area contributed by atoms with Crippen molar-refractivity contribution in [1.82, 2.24) is 0 Å². The van der Waals surface area contributed by atoms with E-state index in [-0.39, 0.29) is 18.3 Å². The molecule has 0 saturated carbocycles. The number of aromatic hydroxyl groups is 1. The van der Waals surface area contributed by atoms with Crippen LogP contribution in [0.2, 0.25) is 0 Å². The highest BCUT2D eigenvalue weighted by atomic mass is 16.5. The van der Waals surface area contributed by atoms with Gasteiger partial charge in [-0.2, -0.15) is 0 Å². The Morgan fingerprint density at radius 2 is 2.25 bits per heavy atom. The molecule has 3 heteroatoms. The number of esters is 1. The van der Waals surface area contributed by atoms with Crippen molar-refractivity contribution in [2.75, 3.05) is 0 Å². The van der Waals surface area contributed by atoms with Crippen molar-refractivity contribution in [2.45, 2.75) is 13.5 Å². The van der Waals surface area contributed by atoms with E-state index in [0.29, 0.717) is 11.1 Å². The first kappa shape index (κ1) is 7.16. The Labute approximate surface area is 69.6 Å². The molecule has 1 aliphatic rings. The zero-order valence-electron chi connectivity index (χ0n) is 6.63. The molecule has 12 heavy (non-hydrogen) atoms. The minimum atomic E-state index is -0.344. The number of fused-ring (bicyclic) bond motifs is 1. The smallest absolute Gasteiger partial charge is 0.339 e. The van der Waals surface area contributed by atoms with Gasteiger partial charge in [0.25, 0.3) is 0 Å². The molecule has 0 amide bonds. The maximum Gasteiger partial charge on any atom is 0.339 e. The predicted octanol–water partition coefficient (Wildman–Crippen LogP) is 1.37. The van der Waals surface area contributed by atoms with Crippen molar-refractivity contribution in [3.8, 4) is 5.75 Å². The molecule has 0 atom stereocenters. The second kappa shape index (κ2) is 2.24. The largest absolute Gasteiger partial charge is 0.508 e. The maximum atomic E-state index is 11.0. The lowest BCUT2D eigenvalue weighted by atomic mass is 10.1. The number of aryl methyl sites for hydroxylation is 1. The molecule has 1 aromatic rings. The van der Waals surface area contributed by atoms with Crippen LogP contribution in [-0.2, 0) is 11.3 Å². The molecular weight excluding hydrogens is 156 g/mol. The first-order valence-corrected chi connectivity index (χ1v) is 3.68. The summed E-state index contributed by atoms with van der Waals surface area (Å²) in [4.78, 5) is 11.0. The van der Waals surface area contributed by atoms with E-state index in [1.54, 1.807) is 12.1 Å². The second-order valence-corrected chi connectivity index (χ2v) is 2.89. The Hall–Kier alpha value is -1.51. The Morgan fingerprint density at radius 3 is 3.00 bits per heavy atom. The van der Waals surface area contributed by atoms with Crippen molar-refractivity contribution in [2.24, 2.45) is 0 Å². The van der Waals surface area contributed by atoms with Crippen LogP contribution in [0.3, 0.4) is 0 Å². The number of carbonyl (C=O) groups is 1. The number of carbonyl (C=O) groups excluding carboxylic acids is 1. The van der Waals surface area contributed by atoms with Crippen molar-refractivity contribution in [3.63, 3.8) is 0 Å². The van der Waals surface area contributed by atoms with Gasteiger partial charge in [0.15, 0.2) is 0 Å². The molecule has 2 rings (SSSR count). The number of hydrogen-bond acceptors (Lipinski definition) is 3. The monoisotopic (exact) mass is 164 g/mol. The van der Waals surface area contributed by atoms with E-state index in [1.807, 2.05) is 6.92 Å². The Balaban J connectivity index is 2.68. The summed E-state index contributed by atoms with van der Waals surface area (Å²) in [6.45, 7) is 2.02. The molecule has 0 radical (unpaired) electrons. The topological polar surface area (TPSA) is 46.5 Å². The van der Waals surface area contributed by atoms with Gasteiger partial charge in [0.1, 0.15) is 12.4 Å². The third kappa shape index (κ3) is 0.863. The summed E-state index contributed by atoms with van der Waals surface area (Å²) in [6, 6.07) is 3.35. The average molecular weight is 164 g/mol. The Bertz CT molecular complexity index is 355. The van der Waals surface area contributed by atoms with Crippen LogP contribution in [0.15, 0.2) is 12.1 Å². The summed E-state index contributed by atoms with van der Waals surface area (Å²) in [6.07, 6.45) is 0. The number of benzene rings is 1. The quantitative estimate of drug-likeness (QED) is 0.589. The minimum absolute atomic E-state index is 0.149. The van der Waals surface area contributed by atoms with Crippen molar-refractivity contribution < 1.29 is 14.6 Å². The van der Waals surface area contributed by atoms with E-state index in [2.05, 4.69) is 0 Å². The molecule has 0 saturated heterocycles. The molecule has 1 heterocycles. The van der Waals surface area contributed by atoms with Crippen LogP contribution in [0.25, 0.3) is 0 Å². The molecule has 0 fully saturated rings. The summed E-state index contributed by atoms with van der Waals surface area (Å²) >= 11 is 0.